The van der Waals surface area contributed by atoms with Gasteiger partial charge in [-0.05, 0) is 50.1 Å². The lowest BCUT2D eigenvalue weighted by Gasteiger charge is -2.43. The first-order valence-electron chi connectivity index (χ1n) is 8.85. The average Bonchev–Trinajstić information content (AvgIpc) is 2.41. The van der Waals surface area contributed by atoms with Crippen LogP contribution in [0.25, 0.3) is 0 Å². The molecule has 1 N–H and O–H groups in total. The molecular weight excluding hydrogens is 260 g/mol. The largest absolute Gasteiger partial charge is 0.383 e. The Bertz CT molecular complexity index is 270. The second kappa shape index (κ2) is 9.81. The zero-order valence-electron chi connectivity index (χ0n) is 15.1. The fourth-order valence-electron chi connectivity index (χ4n) is 3.79. The van der Waals surface area contributed by atoms with Gasteiger partial charge in [-0.15, -0.1) is 0 Å². The Morgan fingerprint density at radius 3 is 2.76 bits per heavy atom. The molecule has 1 saturated carbocycles. The molecule has 0 aliphatic heterocycles. The molecule has 0 aromatic heterocycles. The molecule has 0 aromatic rings. The molecule has 0 spiro atoms. The Morgan fingerprint density at radius 1 is 1.38 bits per heavy atom. The van der Waals surface area contributed by atoms with E-state index in [1.54, 1.807) is 7.11 Å². The summed E-state index contributed by atoms with van der Waals surface area (Å²) in [6.07, 6.45) is 6.86. The van der Waals surface area contributed by atoms with Crippen molar-refractivity contribution in [2.45, 2.75) is 52.9 Å². The van der Waals surface area contributed by atoms with E-state index in [2.05, 4.69) is 38.0 Å². The van der Waals surface area contributed by atoms with E-state index in [1.165, 1.54) is 45.2 Å². The minimum atomic E-state index is 0.469. The Morgan fingerprint density at radius 2 is 2.14 bits per heavy atom. The number of methoxy groups -OCH3 is 1. The standard InChI is InChI=1S/C18H38N2O/c1-16(2)8-11-20(4)15-18(14-19-10-12-21-5)9-6-7-17(3)13-18/h16-17,19H,6-15H2,1-5H3. The van der Waals surface area contributed by atoms with Gasteiger partial charge in [0.15, 0.2) is 0 Å². The van der Waals surface area contributed by atoms with Gasteiger partial charge in [0.2, 0.25) is 0 Å². The zero-order valence-corrected chi connectivity index (χ0v) is 15.1. The second-order valence-electron chi connectivity index (χ2n) is 7.79. The van der Waals surface area contributed by atoms with Crippen molar-refractivity contribution in [2.24, 2.45) is 17.3 Å². The molecule has 21 heavy (non-hydrogen) atoms. The summed E-state index contributed by atoms with van der Waals surface area (Å²) in [5.74, 6) is 1.68. The molecule has 1 fully saturated rings. The van der Waals surface area contributed by atoms with Crippen LogP contribution in [0.2, 0.25) is 0 Å². The van der Waals surface area contributed by atoms with Gasteiger partial charge in [0, 0.05) is 26.7 Å². The van der Waals surface area contributed by atoms with Crippen LogP contribution >= 0.6 is 0 Å². The molecule has 0 aromatic carbocycles. The Labute approximate surface area is 132 Å². The summed E-state index contributed by atoms with van der Waals surface area (Å²) in [4.78, 5) is 2.57. The summed E-state index contributed by atoms with van der Waals surface area (Å²) in [6, 6.07) is 0. The topological polar surface area (TPSA) is 24.5 Å². The Kier molecular flexibility index (Phi) is 8.84. The van der Waals surface area contributed by atoms with Crippen molar-refractivity contribution in [3.63, 3.8) is 0 Å². The van der Waals surface area contributed by atoms with Crippen molar-refractivity contribution in [2.75, 3.05) is 46.9 Å². The van der Waals surface area contributed by atoms with Crippen LogP contribution in [0.5, 0.6) is 0 Å². The van der Waals surface area contributed by atoms with Gasteiger partial charge in [-0.2, -0.15) is 0 Å². The third-order valence-corrected chi connectivity index (χ3v) is 4.86. The molecule has 2 atom stereocenters. The summed E-state index contributed by atoms with van der Waals surface area (Å²) in [5, 5.41) is 3.64. The minimum absolute atomic E-state index is 0.469. The zero-order chi connectivity index (χ0) is 15.7. The van der Waals surface area contributed by atoms with E-state index in [4.69, 9.17) is 4.74 Å². The van der Waals surface area contributed by atoms with Gasteiger partial charge in [-0.3, -0.25) is 0 Å². The van der Waals surface area contributed by atoms with Gasteiger partial charge in [0.05, 0.1) is 6.61 Å². The molecule has 0 bridgehead atoms. The van der Waals surface area contributed by atoms with Crippen LogP contribution in [0.1, 0.15) is 52.9 Å². The molecule has 1 aliphatic carbocycles. The van der Waals surface area contributed by atoms with Gasteiger partial charge >= 0.3 is 0 Å². The van der Waals surface area contributed by atoms with Crippen molar-refractivity contribution >= 4 is 0 Å². The van der Waals surface area contributed by atoms with Crippen LogP contribution in [0, 0.1) is 17.3 Å². The second-order valence-corrected chi connectivity index (χ2v) is 7.79. The minimum Gasteiger partial charge on any atom is -0.383 e. The predicted molar refractivity (Wildman–Crippen MR) is 91.8 cm³/mol. The third-order valence-electron chi connectivity index (χ3n) is 4.86. The number of rotatable bonds is 10. The lowest BCUT2D eigenvalue weighted by molar-refractivity contribution is 0.0870. The van der Waals surface area contributed by atoms with E-state index in [0.717, 1.165) is 31.5 Å². The Balaban J connectivity index is 2.50. The summed E-state index contributed by atoms with van der Waals surface area (Å²) >= 11 is 0. The molecule has 126 valence electrons. The van der Waals surface area contributed by atoms with Crippen molar-refractivity contribution in [1.82, 2.24) is 10.2 Å². The molecule has 0 saturated heterocycles. The van der Waals surface area contributed by atoms with E-state index in [1.807, 2.05) is 0 Å². The summed E-state index contributed by atoms with van der Waals surface area (Å²) < 4.78 is 5.16. The monoisotopic (exact) mass is 298 g/mol. The molecule has 3 nitrogen and oxygen atoms in total. The lowest BCUT2D eigenvalue weighted by Crippen LogP contribution is -2.46. The van der Waals surface area contributed by atoms with E-state index in [0.29, 0.717) is 5.41 Å². The summed E-state index contributed by atoms with van der Waals surface area (Å²) in [7, 11) is 4.08. The molecule has 1 aliphatic rings. The molecule has 3 heteroatoms. The SMILES string of the molecule is COCCNCC1(CN(C)CCC(C)C)CCCC(C)C1. The highest BCUT2D eigenvalue weighted by molar-refractivity contribution is 4.89. The van der Waals surface area contributed by atoms with Crippen LogP contribution in [-0.2, 0) is 4.74 Å². The van der Waals surface area contributed by atoms with Gasteiger partial charge in [0.1, 0.15) is 0 Å². The van der Waals surface area contributed by atoms with Crippen LogP contribution in [0.15, 0.2) is 0 Å². The molecule has 0 heterocycles. The number of nitrogens with one attached hydrogen (secondary N) is 1. The van der Waals surface area contributed by atoms with E-state index in [9.17, 15) is 0 Å². The third kappa shape index (κ3) is 7.62. The van der Waals surface area contributed by atoms with Crippen molar-refractivity contribution < 1.29 is 4.74 Å². The molecule has 1 rings (SSSR count). The first-order valence-corrected chi connectivity index (χ1v) is 8.85. The molecule has 2 unspecified atom stereocenters. The molecular formula is C18H38N2O. The normalized spacial score (nSPS) is 26.7. The fraction of sp³-hybridized carbons (Fsp3) is 1.00. The maximum atomic E-state index is 5.16. The average molecular weight is 299 g/mol. The van der Waals surface area contributed by atoms with Crippen molar-refractivity contribution in [3.8, 4) is 0 Å². The van der Waals surface area contributed by atoms with E-state index in [-0.39, 0.29) is 0 Å². The lowest BCUT2D eigenvalue weighted by atomic mass is 9.69. The van der Waals surface area contributed by atoms with Gasteiger partial charge in [0.25, 0.3) is 0 Å². The molecule has 0 radical (unpaired) electrons. The van der Waals surface area contributed by atoms with Crippen LogP contribution < -0.4 is 5.32 Å². The van der Waals surface area contributed by atoms with Gasteiger partial charge in [-0.25, -0.2) is 0 Å². The maximum Gasteiger partial charge on any atom is 0.0587 e. The molecule has 0 amide bonds. The van der Waals surface area contributed by atoms with Crippen molar-refractivity contribution in [1.29, 1.82) is 0 Å². The number of hydrogen-bond acceptors (Lipinski definition) is 3. The Hall–Kier alpha value is -0.120. The van der Waals surface area contributed by atoms with E-state index < -0.39 is 0 Å². The highest BCUT2D eigenvalue weighted by Crippen LogP contribution is 2.39. The van der Waals surface area contributed by atoms with Crippen LogP contribution in [0.4, 0.5) is 0 Å². The first-order chi connectivity index (χ1) is 9.97. The van der Waals surface area contributed by atoms with Crippen LogP contribution in [0.3, 0.4) is 0 Å². The first kappa shape index (κ1) is 18.9. The number of nitrogens with zero attached hydrogens (tertiary/aromatic N) is 1. The highest BCUT2D eigenvalue weighted by atomic mass is 16.5. The van der Waals surface area contributed by atoms with Gasteiger partial charge < -0.3 is 15.0 Å². The highest BCUT2D eigenvalue weighted by Gasteiger charge is 2.35. The van der Waals surface area contributed by atoms with E-state index >= 15 is 0 Å². The fourth-order valence-corrected chi connectivity index (χ4v) is 3.79. The summed E-state index contributed by atoms with van der Waals surface area (Å²) in [6.45, 7) is 12.5. The number of hydrogen-bond donors (Lipinski definition) is 1. The predicted octanol–water partition coefficient (Wildman–Crippen LogP) is 3.40. The smallest absolute Gasteiger partial charge is 0.0587 e. The van der Waals surface area contributed by atoms with Crippen LogP contribution in [-0.4, -0.2) is 51.8 Å². The quantitative estimate of drug-likeness (QED) is 0.626. The number of ether oxygens (including phenoxy) is 1. The van der Waals surface area contributed by atoms with Gasteiger partial charge in [-0.1, -0.05) is 33.6 Å². The maximum absolute atomic E-state index is 5.16. The van der Waals surface area contributed by atoms with Crippen molar-refractivity contribution in [3.05, 3.63) is 0 Å². The summed E-state index contributed by atoms with van der Waals surface area (Å²) in [5.41, 5.74) is 0.469.